The minimum absolute atomic E-state index is 0.166. The molecule has 0 fully saturated rings. The molecule has 1 heterocycles. The van der Waals surface area contributed by atoms with Crippen LogP contribution in [-0.2, 0) is 0 Å². The van der Waals surface area contributed by atoms with Crippen molar-refractivity contribution in [1.29, 1.82) is 0 Å². The first-order chi connectivity index (χ1) is 5.70. The summed E-state index contributed by atoms with van der Waals surface area (Å²) in [6.07, 6.45) is 1.72. The Bertz CT molecular complexity index is 291. The standard InChI is InChI=1S/C6H8N4S2/c1-4(9-10-6(7)11)5-2-3-8-12-5/h2-3H,1H3,(H3,7,10,11)/b9-4+. The molecule has 1 aromatic rings. The van der Waals surface area contributed by atoms with Gasteiger partial charge in [-0.15, -0.1) is 0 Å². The maximum absolute atomic E-state index is 5.20. The summed E-state index contributed by atoms with van der Waals surface area (Å²) in [6, 6.07) is 1.88. The lowest BCUT2D eigenvalue weighted by Crippen LogP contribution is -2.25. The molecule has 3 N–H and O–H groups in total. The zero-order chi connectivity index (χ0) is 8.97. The molecular weight excluding hydrogens is 192 g/mol. The number of hydrazone groups is 1. The van der Waals surface area contributed by atoms with Crippen LogP contribution in [0.25, 0.3) is 0 Å². The van der Waals surface area contributed by atoms with Gasteiger partial charge in [0.25, 0.3) is 0 Å². The zero-order valence-corrected chi connectivity index (χ0v) is 8.08. The molecule has 0 saturated heterocycles. The molecular formula is C6H8N4S2. The van der Waals surface area contributed by atoms with Gasteiger partial charge in [0.2, 0.25) is 0 Å². The average molecular weight is 200 g/mol. The summed E-state index contributed by atoms with van der Waals surface area (Å²) in [5.74, 6) is 0. The van der Waals surface area contributed by atoms with E-state index in [4.69, 9.17) is 5.73 Å². The molecule has 64 valence electrons. The predicted molar refractivity (Wildman–Crippen MR) is 54.2 cm³/mol. The van der Waals surface area contributed by atoms with E-state index in [0.717, 1.165) is 10.6 Å². The van der Waals surface area contributed by atoms with E-state index in [-0.39, 0.29) is 5.11 Å². The van der Waals surface area contributed by atoms with Crippen molar-refractivity contribution in [3.8, 4) is 0 Å². The molecule has 0 radical (unpaired) electrons. The first kappa shape index (κ1) is 9.08. The number of rotatable bonds is 2. The van der Waals surface area contributed by atoms with Crippen LogP contribution in [0.2, 0.25) is 0 Å². The number of nitrogens with zero attached hydrogens (tertiary/aromatic N) is 2. The highest BCUT2D eigenvalue weighted by molar-refractivity contribution is 7.80. The lowest BCUT2D eigenvalue weighted by atomic mass is 10.3. The molecule has 1 rings (SSSR count). The second-order valence-corrected chi connectivity index (χ2v) is 3.32. The third-order valence-corrected chi connectivity index (χ3v) is 2.07. The number of nitrogens with two attached hydrogens (primary N) is 1. The Morgan fingerprint density at radius 3 is 3.08 bits per heavy atom. The van der Waals surface area contributed by atoms with Gasteiger partial charge in [0.1, 0.15) is 0 Å². The Morgan fingerprint density at radius 2 is 2.58 bits per heavy atom. The summed E-state index contributed by atoms with van der Waals surface area (Å²) in [5.41, 5.74) is 8.53. The molecule has 0 unspecified atom stereocenters. The highest BCUT2D eigenvalue weighted by Crippen LogP contribution is 2.05. The molecule has 1 aromatic heterocycles. The summed E-state index contributed by atoms with van der Waals surface area (Å²) in [7, 11) is 0. The second kappa shape index (κ2) is 4.13. The smallest absolute Gasteiger partial charge is 0.184 e. The van der Waals surface area contributed by atoms with Gasteiger partial charge in [0.15, 0.2) is 5.11 Å². The van der Waals surface area contributed by atoms with Gasteiger partial charge < -0.3 is 5.73 Å². The van der Waals surface area contributed by atoms with E-state index in [2.05, 4.69) is 27.1 Å². The highest BCUT2D eigenvalue weighted by atomic mass is 32.1. The number of aromatic nitrogens is 1. The average Bonchev–Trinajstić information content (AvgIpc) is 2.51. The fraction of sp³-hybridized carbons (Fsp3) is 0.167. The van der Waals surface area contributed by atoms with E-state index in [1.807, 2.05) is 13.0 Å². The van der Waals surface area contributed by atoms with E-state index in [1.165, 1.54) is 11.5 Å². The van der Waals surface area contributed by atoms with E-state index >= 15 is 0 Å². The van der Waals surface area contributed by atoms with Gasteiger partial charge in [-0.2, -0.15) is 5.10 Å². The molecule has 6 heteroatoms. The molecule has 0 aliphatic rings. The van der Waals surface area contributed by atoms with Crippen molar-refractivity contribution < 1.29 is 0 Å². The van der Waals surface area contributed by atoms with Gasteiger partial charge >= 0.3 is 0 Å². The summed E-state index contributed by atoms with van der Waals surface area (Å²) in [6.45, 7) is 1.86. The van der Waals surface area contributed by atoms with Gasteiger partial charge in [-0.25, -0.2) is 4.37 Å². The van der Waals surface area contributed by atoms with E-state index < -0.39 is 0 Å². The van der Waals surface area contributed by atoms with Crippen molar-refractivity contribution in [2.24, 2.45) is 10.8 Å². The van der Waals surface area contributed by atoms with Crippen molar-refractivity contribution in [2.45, 2.75) is 6.92 Å². The van der Waals surface area contributed by atoms with Crippen LogP contribution < -0.4 is 11.2 Å². The molecule has 0 atom stereocenters. The topological polar surface area (TPSA) is 63.3 Å². The molecule has 0 aliphatic heterocycles. The monoisotopic (exact) mass is 200 g/mol. The third-order valence-electron chi connectivity index (χ3n) is 1.13. The summed E-state index contributed by atoms with van der Waals surface area (Å²) < 4.78 is 3.94. The van der Waals surface area contributed by atoms with Gasteiger partial charge in [0, 0.05) is 6.20 Å². The Hall–Kier alpha value is -1.01. The number of hydrogen-bond acceptors (Lipinski definition) is 4. The molecule has 12 heavy (non-hydrogen) atoms. The van der Waals surface area contributed by atoms with Gasteiger partial charge in [0.05, 0.1) is 10.6 Å². The van der Waals surface area contributed by atoms with Crippen LogP contribution >= 0.6 is 23.8 Å². The van der Waals surface area contributed by atoms with Gasteiger partial charge in [-0.3, -0.25) is 5.43 Å². The maximum atomic E-state index is 5.20. The maximum Gasteiger partial charge on any atom is 0.184 e. The largest absolute Gasteiger partial charge is 0.375 e. The van der Waals surface area contributed by atoms with E-state index in [1.54, 1.807) is 6.20 Å². The Labute approximate surface area is 79.6 Å². The fourth-order valence-corrected chi connectivity index (χ4v) is 1.18. The summed E-state index contributed by atoms with van der Waals surface area (Å²) >= 11 is 5.97. The van der Waals surface area contributed by atoms with Gasteiger partial charge in [-0.05, 0) is 36.7 Å². The molecule has 0 aliphatic carbocycles. The lowest BCUT2D eigenvalue weighted by Gasteiger charge is -1.96. The summed E-state index contributed by atoms with van der Waals surface area (Å²) in [5, 5.41) is 4.10. The van der Waals surface area contributed by atoms with Crippen LogP contribution in [0, 0.1) is 0 Å². The van der Waals surface area contributed by atoms with Crippen LogP contribution in [0.3, 0.4) is 0 Å². The minimum Gasteiger partial charge on any atom is -0.375 e. The van der Waals surface area contributed by atoms with E-state index in [9.17, 15) is 0 Å². The molecule has 0 bridgehead atoms. The first-order valence-electron chi connectivity index (χ1n) is 3.21. The molecule has 0 aromatic carbocycles. The predicted octanol–water partition coefficient (Wildman–Crippen LogP) is 0.700. The molecule has 0 saturated carbocycles. The first-order valence-corrected chi connectivity index (χ1v) is 4.39. The van der Waals surface area contributed by atoms with Crippen molar-refractivity contribution >= 4 is 34.6 Å². The normalized spacial score (nSPS) is 11.2. The van der Waals surface area contributed by atoms with Crippen molar-refractivity contribution in [3.05, 3.63) is 17.1 Å². The van der Waals surface area contributed by atoms with Crippen LogP contribution in [0.1, 0.15) is 11.8 Å². The van der Waals surface area contributed by atoms with Crippen molar-refractivity contribution in [1.82, 2.24) is 9.80 Å². The summed E-state index contributed by atoms with van der Waals surface area (Å²) in [4.78, 5) is 0.999. The van der Waals surface area contributed by atoms with Crippen LogP contribution in [0.5, 0.6) is 0 Å². The third kappa shape index (κ3) is 2.55. The highest BCUT2D eigenvalue weighted by Gasteiger charge is 1.97. The lowest BCUT2D eigenvalue weighted by molar-refractivity contribution is 1.03. The van der Waals surface area contributed by atoms with E-state index in [0.29, 0.717) is 0 Å². The number of hydrogen-bond donors (Lipinski definition) is 2. The van der Waals surface area contributed by atoms with Crippen molar-refractivity contribution in [2.75, 3.05) is 0 Å². The number of nitrogens with one attached hydrogen (secondary N) is 1. The van der Waals surface area contributed by atoms with Crippen molar-refractivity contribution in [3.63, 3.8) is 0 Å². The van der Waals surface area contributed by atoms with Gasteiger partial charge in [-0.1, -0.05) is 0 Å². The fourth-order valence-electron chi connectivity index (χ4n) is 0.596. The Balaban J connectivity index is 2.65. The number of thiocarbonyl (C=S) groups is 1. The Morgan fingerprint density at radius 1 is 1.83 bits per heavy atom. The Kier molecular flexibility index (Phi) is 3.12. The SMILES string of the molecule is C/C(=N\NC(N)=S)c1ccns1. The minimum atomic E-state index is 0.166. The van der Waals surface area contributed by atoms with Crippen LogP contribution in [0.4, 0.5) is 0 Å². The zero-order valence-electron chi connectivity index (χ0n) is 6.44. The van der Waals surface area contributed by atoms with Crippen LogP contribution in [0.15, 0.2) is 17.4 Å². The quantitative estimate of drug-likeness (QED) is 0.419. The van der Waals surface area contributed by atoms with Crippen LogP contribution in [-0.4, -0.2) is 15.2 Å². The second-order valence-electron chi connectivity index (χ2n) is 2.05. The molecule has 0 spiro atoms. The molecule has 4 nitrogen and oxygen atoms in total. The molecule has 0 amide bonds.